The first kappa shape index (κ1) is 23.7. The van der Waals surface area contributed by atoms with E-state index in [9.17, 15) is 13.2 Å². The number of aromatic nitrogens is 4. The van der Waals surface area contributed by atoms with Crippen molar-refractivity contribution in [3.8, 4) is 22.4 Å². The van der Waals surface area contributed by atoms with Crippen molar-refractivity contribution in [1.82, 2.24) is 25.3 Å². The van der Waals surface area contributed by atoms with Crippen LogP contribution < -0.4 is 15.4 Å². The maximum Gasteiger partial charge on any atom is 0.321 e. The molecule has 0 bridgehead atoms. The zero-order valence-electron chi connectivity index (χ0n) is 17.4. The Morgan fingerprint density at radius 1 is 1.12 bits per heavy atom. The van der Waals surface area contributed by atoms with Crippen molar-refractivity contribution in [3.63, 3.8) is 0 Å². The van der Waals surface area contributed by atoms with E-state index in [1.165, 1.54) is 6.20 Å². The Kier molecular flexibility index (Phi) is 6.92. The number of urea groups is 1. The number of nitrogens with one attached hydrogen (secondary N) is 4. The predicted molar refractivity (Wildman–Crippen MR) is 130 cm³/mol. The number of rotatable bonds is 6. The summed E-state index contributed by atoms with van der Waals surface area (Å²) in [7, 11) is -3.45. The van der Waals surface area contributed by atoms with Crippen LogP contribution in [0.4, 0.5) is 16.4 Å². The molecule has 0 radical (unpaired) electrons. The molecule has 4 rings (SSSR count). The third-order valence-corrected chi connectivity index (χ3v) is 5.10. The molecule has 0 spiro atoms. The topological polar surface area (TPSA) is 142 Å². The standard InChI is InChI=1S/C21H21N7O3S.CH4/c1-3-23-21(29)27-20-25-18-10-14(13-5-4-7-22-12-13)9-16(19(18)26-20)17-11-15(6-8-24-17)28-32(2,30)31;/h4-12H,3H2,1-2H3,(H,24,28)(H3,23,25,26,27,29);1H4. The summed E-state index contributed by atoms with van der Waals surface area (Å²) in [6.45, 7) is 2.30. The van der Waals surface area contributed by atoms with E-state index in [-0.39, 0.29) is 19.4 Å². The summed E-state index contributed by atoms with van der Waals surface area (Å²) >= 11 is 0. The van der Waals surface area contributed by atoms with Gasteiger partial charge in [-0.25, -0.2) is 18.2 Å². The highest BCUT2D eigenvalue weighted by Crippen LogP contribution is 2.33. The number of H-pyrrole nitrogens is 1. The second-order valence-electron chi connectivity index (χ2n) is 7.04. The molecule has 0 unspecified atom stereocenters. The lowest BCUT2D eigenvalue weighted by molar-refractivity contribution is 0.252. The van der Waals surface area contributed by atoms with Gasteiger partial charge in [-0.1, -0.05) is 13.5 Å². The molecule has 0 atom stereocenters. The number of benzene rings is 1. The van der Waals surface area contributed by atoms with Crippen molar-refractivity contribution in [2.24, 2.45) is 0 Å². The average molecular weight is 468 g/mol. The molecule has 0 aliphatic rings. The summed E-state index contributed by atoms with van der Waals surface area (Å²) in [5.74, 6) is 0.279. The van der Waals surface area contributed by atoms with Gasteiger partial charge in [-0.15, -0.1) is 0 Å². The van der Waals surface area contributed by atoms with Gasteiger partial charge in [0, 0.05) is 36.3 Å². The molecule has 10 nitrogen and oxygen atoms in total. The molecule has 0 fully saturated rings. The molecular weight excluding hydrogens is 442 g/mol. The zero-order chi connectivity index (χ0) is 22.7. The fourth-order valence-corrected chi connectivity index (χ4v) is 3.79. The second-order valence-corrected chi connectivity index (χ2v) is 8.78. The molecule has 0 saturated heterocycles. The number of carbonyl (C=O) groups is 1. The van der Waals surface area contributed by atoms with Gasteiger partial charge in [0.15, 0.2) is 0 Å². The molecule has 4 N–H and O–H groups in total. The maximum absolute atomic E-state index is 11.9. The Morgan fingerprint density at radius 2 is 1.94 bits per heavy atom. The fraction of sp³-hybridized carbons (Fsp3) is 0.182. The Labute approximate surface area is 191 Å². The maximum atomic E-state index is 11.9. The summed E-state index contributed by atoms with van der Waals surface area (Å²) in [4.78, 5) is 28.2. The summed E-state index contributed by atoms with van der Waals surface area (Å²) in [6.07, 6.45) is 6.03. The minimum absolute atomic E-state index is 0. The van der Waals surface area contributed by atoms with Crippen molar-refractivity contribution in [2.45, 2.75) is 14.4 Å². The SMILES string of the molecule is C.CCNC(=O)Nc1nc2c(-c3cc(NS(C)(=O)=O)ccn3)cc(-c3cccnc3)cc2[nH]1. The lowest BCUT2D eigenvalue weighted by Gasteiger charge is -2.09. The molecule has 4 aromatic rings. The quantitative estimate of drug-likeness (QED) is 0.339. The van der Waals surface area contributed by atoms with Gasteiger partial charge >= 0.3 is 6.03 Å². The minimum Gasteiger partial charge on any atom is -0.338 e. The van der Waals surface area contributed by atoms with Crippen molar-refractivity contribution in [3.05, 3.63) is 55.0 Å². The first-order valence-corrected chi connectivity index (χ1v) is 11.6. The average Bonchev–Trinajstić information content (AvgIpc) is 3.15. The van der Waals surface area contributed by atoms with Crippen molar-refractivity contribution in [2.75, 3.05) is 22.8 Å². The molecule has 11 heteroatoms. The summed E-state index contributed by atoms with van der Waals surface area (Å²) in [6, 6.07) is 10.4. The monoisotopic (exact) mass is 467 g/mol. The van der Waals surface area contributed by atoms with E-state index < -0.39 is 10.0 Å². The van der Waals surface area contributed by atoms with Gasteiger partial charge in [-0.05, 0) is 42.8 Å². The summed E-state index contributed by atoms with van der Waals surface area (Å²) in [5.41, 5.74) is 4.56. The molecular formula is C22H25N7O3S. The predicted octanol–water partition coefficient (Wildman–Crippen LogP) is 3.84. The van der Waals surface area contributed by atoms with Crippen LogP contribution in [-0.4, -0.2) is 47.2 Å². The molecule has 1 aromatic carbocycles. The van der Waals surface area contributed by atoms with Crippen LogP contribution in [0.1, 0.15) is 14.4 Å². The molecule has 2 amide bonds. The van der Waals surface area contributed by atoms with Gasteiger partial charge in [-0.3, -0.25) is 20.0 Å². The molecule has 0 aliphatic heterocycles. The normalized spacial score (nSPS) is 11.0. The van der Waals surface area contributed by atoms with E-state index in [4.69, 9.17) is 0 Å². The van der Waals surface area contributed by atoms with Crippen molar-refractivity contribution in [1.29, 1.82) is 0 Å². The Morgan fingerprint density at radius 3 is 2.64 bits per heavy atom. The van der Waals surface area contributed by atoms with E-state index in [2.05, 4.69) is 35.3 Å². The van der Waals surface area contributed by atoms with Gasteiger partial charge < -0.3 is 10.3 Å². The molecule has 0 aliphatic carbocycles. The van der Waals surface area contributed by atoms with Crippen LogP contribution in [0.2, 0.25) is 0 Å². The van der Waals surface area contributed by atoms with Crippen LogP contribution in [0.25, 0.3) is 33.4 Å². The first-order valence-electron chi connectivity index (χ1n) is 9.75. The molecule has 3 heterocycles. The number of fused-ring (bicyclic) bond motifs is 1. The smallest absolute Gasteiger partial charge is 0.321 e. The van der Waals surface area contributed by atoms with Gasteiger partial charge in [-0.2, -0.15) is 0 Å². The lowest BCUT2D eigenvalue weighted by Crippen LogP contribution is -2.28. The molecule has 33 heavy (non-hydrogen) atoms. The summed E-state index contributed by atoms with van der Waals surface area (Å²) in [5, 5.41) is 5.33. The van der Waals surface area contributed by atoms with Gasteiger partial charge in [0.1, 0.15) is 0 Å². The van der Waals surface area contributed by atoms with Gasteiger partial charge in [0.05, 0.1) is 28.7 Å². The van der Waals surface area contributed by atoms with Crippen molar-refractivity contribution >= 4 is 38.7 Å². The number of pyridine rings is 2. The highest BCUT2D eigenvalue weighted by atomic mass is 32.2. The van der Waals surface area contributed by atoms with Gasteiger partial charge in [0.25, 0.3) is 0 Å². The second kappa shape index (κ2) is 9.65. The number of hydrogen-bond donors (Lipinski definition) is 4. The molecule has 172 valence electrons. The summed E-state index contributed by atoms with van der Waals surface area (Å²) < 4.78 is 25.8. The van der Waals surface area contributed by atoms with E-state index >= 15 is 0 Å². The van der Waals surface area contributed by atoms with Crippen LogP contribution in [0.3, 0.4) is 0 Å². The van der Waals surface area contributed by atoms with E-state index in [0.717, 1.165) is 17.4 Å². The van der Waals surface area contributed by atoms with Crippen LogP contribution in [-0.2, 0) is 10.0 Å². The number of amides is 2. The first-order chi connectivity index (χ1) is 15.3. The fourth-order valence-electron chi connectivity index (χ4n) is 3.24. The number of aromatic amines is 1. The van der Waals surface area contributed by atoms with Crippen LogP contribution >= 0.6 is 0 Å². The number of carbonyl (C=O) groups excluding carboxylic acids is 1. The van der Waals surface area contributed by atoms with E-state index in [1.807, 2.05) is 31.2 Å². The van der Waals surface area contributed by atoms with E-state index in [0.29, 0.717) is 34.5 Å². The van der Waals surface area contributed by atoms with Crippen LogP contribution in [0.15, 0.2) is 55.0 Å². The Bertz CT molecular complexity index is 1390. The molecule has 0 saturated carbocycles. The Balaban J connectivity index is 0.00000306. The number of hydrogen-bond acceptors (Lipinski definition) is 6. The number of sulfonamides is 1. The van der Waals surface area contributed by atoms with Crippen molar-refractivity contribution < 1.29 is 13.2 Å². The largest absolute Gasteiger partial charge is 0.338 e. The lowest BCUT2D eigenvalue weighted by atomic mass is 10.0. The zero-order valence-corrected chi connectivity index (χ0v) is 18.2. The molecule has 3 aromatic heterocycles. The Hall–Kier alpha value is -3.99. The highest BCUT2D eigenvalue weighted by Gasteiger charge is 2.15. The van der Waals surface area contributed by atoms with E-state index in [1.54, 1.807) is 24.5 Å². The number of anilines is 2. The minimum atomic E-state index is -3.45. The highest BCUT2D eigenvalue weighted by molar-refractivity contribution is 7.92. The number of imidazole rings is 1. The van der Waals surface area contributed by atoms with Crippen LogP contribution in [0, 0.1) is 0 Å². The third kappa shape index (κ3) is 5.63. The number of nitrogens with zero attached hydrogens (tertiary/aromatic N) is 3. The van der Waals surface area contributed by atoms with Gasteiger partial charge in [0.2, 0.25) is 16.0 Å². The third-order valence-electron chi connectivity index (χ3n) is 4.49. The van der Waals surface area contributed by atoms with Crippen LogP contribution in [0.5, 0.6) is 0 Å².